The molecule has 5 nitrogen and oxygen atoms in total. The third kappa shape index (κ3) is 9.75. The predicted molar refractivity (Wildman–Crippen MR) is 113 cm³/mol. The van der Waals surface area contributed by atoms with E-state index in [9.17, 15) is 4.79 Å². The summed E-state index contributed by atoms with van der Waals surface area (Å²) in [5.41, 5.74) is 1.99. The van der Waals surface area contributed by atoms with Gasteiger partial charge in [0, 0.05) is 32.2 Å². The summed E-state index contributed by atoms with van der Waals surface area (Å²) in [6, 6.07) is 7.89. The van der Waals surface area contributed by atoms with Crippen LogP contribution in [0.25, 0.3) is 0 Å². The number of guanidine groups is 1. The van der Waals surface area contributed by atoms with Crippen molar-refractivity contribution < 1.29 is 4.79 Å². The molecule has 24 heavy (non-hydrogen) atoms. The molecule has 0 radical (unpaired) electrons. The number of halogens is 1. The molecule has 1 amide bonds. The summed E-state index contributed by atoms with van der Waals surface area (Å²) in [5.74, 6) is 0.886. The maximum Gasteiger partial charge on any atom is 0.224 e. The number of carbonyl (C=O) groups excluding carboxylic acids is 1. The van der Waals surface area contributed by atoms with Crippen molar-refractivity contribution in [3.8, 4) is 0 Å². The average molecular weight is 446 g/mol. The highest BCUT2D eigenvalue weighted by Crippen LogP contribution is 2.10. The minimum Gasteiger partial charge on any atom is -0.356 e. The number of benzene rings is 1. The first kappa shape index (κ1) is 22.7. The standard InChI is InChI=1S/C18H30N4O.HI/c1-4-6-7-13-20-18(19-3)21-14-15-9-11-16(12-10-15)22-17(23)8-5-2;/h9-12H,4-8,13-14H2,1-3H3,(H,22,23)(H2,19,20,21);1H. The van der Waals surface area contributed by atoms with Gasteiger partial charge in [0.05, 0.1) is 0 Å². The lowest BCUT2D eigenvalue weighted by Gasteiger charge is -2.12. The lowest BCUT2D eigenvalue weighted by Crippen LogP contribution is -2.37. The molecule has 0 unspecified atom stereocenters. The number of hydrogen-bond donors (Lipinski definition) is 3. The molecule has 1 aromatic carbocycles. The van der Waals surface area contributed by atoms with Gasteiger partial charge in [-0.1, -0.05) is 38.8 Å². The summed E-state index contributed by atoms with van der Waals surface area (Å²) in [6.45, 7) is 5.84. The Balaban J connectivity index is 0.00000529. The zero-order valence-corrected chi connectivity index (χ0v) is 17.4. The van der Waals surface area contributed by atoms with Crippen molar-refractivity contribution in [2.75, 3.05) is 18.9 Å². The first-order valence-electron chi connectivity index (χ1n) is 8.52. The Morgan fingerprint density at radius 3 is 2.33 bits per heavy atom. The smallest absolute Gasteiger partial charge is 0.224 e. The zero-order valence-electron chi connectivity index (χ0n) is 15.0. The van der Waals surface area contributed by atoms with Gasteiger partial charge in [0.1, 0.15) is 0 Å². The van der Waals surface area contributed by atoms with E-state index >= 15 is 0 Å². The van der Waals surface area contributed by atoms with E-state index in [1.165, 1.54) is 12.8 Å². The van der Waals surface area contributed by atoms with Crippen LogP contribution in [0.2, 0.25) is 0 Å². The van der Waals surface area contributed by atoms with Gasteiger partial charge in [0.25, 0.3) is 0 Å². The largest absolute Gasteiger partial charge is 0.356 e. The van der Waals surface area contributed by atoms with Gasteiger partial charge in [-0.05, 0) is 30.5 Å². The molecule has 0 aliphatic rings. The van der Waals surface area contributed by atoms with Crippen LogP contribution < -0.4 is 16.0 Å². The van der Waals surface area contributed by atoms with Crippen LogP contribution >= 0.6 is 24.0 Å². The number of rotatable bonds is 9. The monoisotopic (exact) mass is 446 g/mol. The molecule has 0 fully saturated rings. The van der Waals surface area contributed by atoms with Crippen molar-refractivity contribution in [1.82, 2.24) is 10.6 Å². The highest BCUT2D eigenvalue weighted by Gasteiger charge is 2.01. The number of nitrogens with zero attached hydrogens (tertiary/aromatic N) is 1. The first-order valence-corrected chi connectivity index (χ1v) is 8.52. The third-order valence-corrected chi connectivity index (χ3v) is 3.47. The van der Waals surface area contributed by atoms with Crippen LogP contribution in [-0.4, -0.2) is 25.5 Å². The Morgan fingerprint density at radius 2 is 1.75 bits per heavy atom. The van der Waals surface area contributed by atoms with E-state index in [2.05, 4.69) is 27.9 Å². The number of nitrogens with one attached hydrogen (secondary N) is 3. The fraction of sp³-hybridized carbons (Fsp3) is 0.556. The SMILES string of the molecule is CCCCCNC(=NC)NCc1ccc(NC(=O)CCC)cc1.I. The molecule has 0 bridgehead atoms. The second-order valence-electron chi connectivity index (χ2n) is 5.55. The quantitative estimate of drug-likeness (QED) is 0.233. The van der Waals surface area contributed by atoms with Crippen molar-refractivity contribution >= 4 is 41.5 Å². The third-order valence-electron chi connectivity index (χ3n) is 3.47. The van der Waals surface area contributed by atoms with Gasteiger partial charge in [0.15, 0.2) is 5.96 Å². The Morgan fingerprint density at radius 1 is 1.04 bits per heavy atom. The highest BCUT2D eigenvalue weighted by molar-refractivity contribution is 14.0. The molecule has 0 atom stereocenters. The Labute approximate surface area is 163 Å². The van der Waals surface area contributed by atoms with E-state index in [1.54, 1.807) is 7.05 Å². The lowest BCUT2D eigenvalue weighted by molar-refractivity contribution is -0.116. The van der Waals surface area contributed by atoms with Crippen LogP contribution in [0.15, 0.2) is 29.3 Å². The van der Waals surface area contributed by atoms with Crippen molar-refractivity contribution in [3.05, 3.63) is 29.8 Å². The fourth-order valence-electron chi connectivity index (χ4n) is 2.14. The number of hydrogen-bond acceptors (Lipinski definition) is 2. The zero-order chi connectivity index (χ0) is 16.9. The second kappa shape index (κ2) is 14.1. The van der Waals surface area contributed by atoms with E-state index < -0.39 is 0 Å². The van der Waals surface area contributed by atoms with Gasteiger partial charge in [-0.15, -0.1) is 24.0 Å². The molecule has 1 rings (SSSR count). The minimum atomic E-state index is 0. The topological polar surface area (TPSA) is 65.5 Å². The van der Waals surface area contributed by atoms with E-state index in [0.717, 1.165) is 36.6 Å². The Hall–Kier alpha value is -1.31. The normalized spacial score (nSPS) is 10.7. The molecule has 0 spiro atoms. The molecule has 0 aliphatic carbocycles. The maximum atomic E-state index is 11.6. The number of aliphatic imine (C=N–C) groups is 1. The summed E-state index contributed by atoms with van der Waals surface area (Å²) in [4.78, 5) is 15.8. The molecular formula is C18H31IN4O. The fourth-order valence-corrected chi connectivity index (χ4v) is 2.14. The molecule has 1 aromatic rings. The first-order chi connectivity index (χ1) is 11.2. The van der Waals surface area contributed by atoms with Gasteiger partial charge in [-0.25, -0.2) is 0 Å². The highest BCUT2D eigenvalue weighted by atomic mass is 127. The van der Waals surface area contributed by atoms with Gasteiger partial charge < -0.3 is 16.0 Å². The molecule has 6 heteroatoms. The van der Waals surface area contributed by atoms with Gasteiger partial charge in [-0.2, -0.15) is 0 Å². The molecule has 136 valence electrons. The molecule has 0 saturated carbocycles. The van der Waals surface area contributed by atoms with Crippen LogP contribution in [0.3, 0.4) is 0 Å². The molecule has 0 saturated heterocycles. The van der Waals surface area contributed by atoms with E-state index in [0.29, 0.717) is 13.0 Å². The molecule has 3 N–H and O–H groups in total. The molecule has 0 heterocycles. The summed E-state index contributed by atoms with van der Waals surface area (Å²) >= 11 is 0. The number of amides is 1. The van der Waals surface area contributed by atoms with Crippen molar-refractivity contribution in [3.63, 3.8) is 0 Å². The lowest BCUT2D eigenvalue weighted by atomic mass is 10.2. The minimum absolute atomic E-state index is 0. The van der Waals surface area contributed by atoms with E-state index in [-0.39, 0.29) is 29.9 Å². The van der Waals surface area contributed by atoms with Crippen LogP contribution in [0.4, 0.5) is 5.69 Å². The molecule has 0 aliphatic heterocycles. The predicted octanol–water partition coefficient (Wildman–Crippen LogP) is 3.90. The molecular weight excluding hydrogens is 415 g/mol. The Bertz CT molecular complexity index is 488. The number of unbranched alkanes of at least 4 members (excludes halogenated alkanes) is 2. The van der Waals surface area contributed by atoms with Crippen molar-refractivity contribution in [2.45, 2.75) is 52.5 Å². The summed E-state index contributed by atoms with van der Waals surface area (Å²) in [7, 11) is 1.78. The van der Waals surface area contributed by atoms with Crippen LogP contribution in [0.5, 0.6) is 0 Å². The second-order valence-corrected chi connectivity index (χ2v) is 5.55. The summed E-state index contributed by atoms with van der Waals surface area (Å²) in [5, 5.41) is 9.49. The van der Waals surface area contributed by atoms with Crippen LogP contribution in [0, 0.1) is 0 Å². The van der Waals surface area contributed by atoms with E-state index in [4.69, 9.17) is 0 Å². The van der Waals surface area contributed by atoms with Crippen LogP contribution in [0.1, 0.15) is 51.5 Å². The number of anilines is 1. The van der Waals surface area contributed by atoms with Crippen molar-refractivity contribution in [1.29, 1.82) is 0 Å². The van der Waals surface area contributed by atoms with E-state index in [1.807, 2.05) is 31.2 Å². The van der Waals surface area contributed by atoms with Gasteiger partial charge >= 0.3 is 0 Å². The average Bonchev–Trinajstić information content (AvgIpc) is 2.56. The summed E-state index contributed by atoms with van der Waals surface area (Å²) < 4.78 is 0. The van der Waals surface area contributed by atoms with Gasteiger partial charge in [-0.3, -0.25) is 9.79 Å². The molecule has 0 aromatic heterocycles. The Kier molecular flexibility index (Phi) is 13.3. The summed E-state index contributed by atoms with van der Waals surface area (Å²) in [6.07, 6.45) is 5.02. The van der Waals surface area contributed by atoms with Crippen LogP contribution in [-0.2, 0) is 11.3 Å². The maximum absolute atomic E-state index is 11.6. The number of carbonyl (C=O) groups is 1. The van der Waals surface area contributed by atoms with Gasteiger partial charge in [0.2, 0.25) is 5.91 Å². The van der Waals surface area contributed by atoms with Crippen molar-refractivity contribution in [2.24, 2.45) is 4.99 Å².